The second-order valence-corrected chi connectivity index (χ2v) is 7.83. The zero-order valence-electron chi connectivity index (χ0n) is 14.9. The van der Waals surface area contributed by atoms with Gasteiger partial charge in [-0.2, -0.15) is 5.26 Å². The highest BCUT2D eigenvalue weighted by Crippen LogP contribution is 2.57. The van der Waals surface area contributed by atoms with Gasteiger partial charge in [0, 0.05) is 30.3 Å². The van der Waals surface area contributed by atoms with Crippen LogP contribution in [0.5, 0.6) is 5.75 Å². The van der Waals surface area contributed by atoms with E-state index in [-0.39, 0.29) is 28.6 Å². The number of likely N-dealkylation sites (N-methyl/N-ethyl adjacent to an activating group) is 1. The molecule has 4 rings (SSSR count). The van der Waals surface area contributed by atoms with Gasteiger partial charge in [0.05, 0.1) is 0 Å². The van der Waals surface area contributed by atoms with Crippen LogP contribution in [0.15, 0.2) is 47.0 Å². The number of fused-ring (bicyclic) bond motifs is 3. The molecule has 2 N–H and O–H groups in total. The van der Waals surface area contributed by atoms with Crippen molar-refractivity contribution in [3.05, 3.63) is 52.6 Å². The molecule has 6 nitrogen and oxygen atoms in total. The minimum atomic E-state index is -1.51. The number of hydrogen-bond donors (Lipinski definition) is 1. The van der Waals surface area contributed by atoms with E-state index in [2.05, 4.69) is 0 Å². The first kappa shape index (κ1) is 16.4. The molecule has 0 aromatic heterocycles. The molecule has 2 aliphatic heterocycles. The summed E-state index contributed by atoms with van der Waals surface area (Å²) in [5.74, 6) is -0.175. The molecule has 1 aromatic carbocycles. The number of rotatable bonds is 0. The zero-order chi connectivity index (χ0) is 18.9. The number of para-hydroxylation sites is 1. The Hall–Kier alpha value is -3.07. The van der Waals surface area contributed by atoms with Crippen molar-refractivity contribution >= 4 is 11.7 Å². The summed E-state index contributed by atoms with van der Waals surface area (Å²) in [6, 6.07) is 9.01. The van der Waals surface area contributed by atoms with Gasteiger partial charge in [0.1, 0.15) is 22.8 Å². The van der Waals surface area contributed by atoms with E-state index in [0.717, 1.165) is 0 Å². The Labute approximate surface area is 151 Å². The van der Waals surface area contributed by atoms with Gasteiger partial charge in [0.15, 0.2) is 5.78 Å². The van der Waals surface area contributed by atoms with E-state index in [1.165, 1.54) is 4.90 Å². The summed E-state index contributed by atoms with van der Waals surface area (Å²) < 4.78 is 5.59. The Kier molecular flexibility index (Phi) is 3.14. The molecule has 0 radical (unpaired) electrons. The number of Topliss-reactive ketones (excluding diaryl/α,β-unsaturated/α-hetero) is 1. The number of carbonyl (C=O) groups is 2. The summed E-state index contributed by atoms with van der Waals surface area (Å²) in [6.07, 6.45) is 0.899. The van der Waals surface area contributed by atoms with Crippen molar-refractivity contribution in [1.82, 2.24) is 4.90 Å². The highest BCUT2D eigenvalue weighted by Gasteiger charge is 2.62. The van der Waals surface area contributed by atoms with E-state index < -0.39 is 5.41 Å². The molecule has 1 aliphatic carbocycles. The SMILES string of the molecule is CN1C(=O)[C@@]2(C(C#N)=C(N)Oc3ccccc32)C2=C1CC(C)(C)CC2=O. The second kappa shape index (κ2) is 4.98. The van der Waals surface area contributed by atoms with Crippen molar-refractivity contribution in [3.8, 4) is 11.8 Å². The normalized spacial score (nSPS) is 26.6. The predicted octanol–water partition coefficient (Wildman–Crippen LogP) is 2.13. The van der Waals surface area contributed by atoms with Crippen LogP contribution >= 0.6 is 0 Å². The van der Waals surface area contributed by atoms with Gasteiger partial charge in [-0.15, -0.1) is 0 Å². The van der Waals surface area contributed by atoms with E-state index in [1.54, 1.807) is 31.3 Å². The molecule has 132 valence electrons. The van der Waals surface area contributed by atoms with Gasteiger partial charge in [-0.25, -0.2) is 0 Å². The minimum absolute atomic E-state index is 0.00824. The van der Waals surface area contributed by atoms with E-state index in [4.69, 9.17) is 10.5 Å². The van der Waals surface area contributed by atoms with Crippen LogP contribution in [-0.4, -0.2) is 23.6 Å². The van der Waals surface area contributed by atoms with Crippen molar-refractivity contribution in [2.24, 2.45) is 11.1 Å². The number of hydrogen-bond acceptors (Lipinski definition) is 5. The van der Waals surface area contributed by atoms with Crippen LogP contribution in [0.4, 0.5) is 0 Å². The summed E-state index contributed by atoms with van der Waals surface area (Å²) in [6.45, 7) is 4.01. The lowest BCUT2D eigenvalue weighted by molar-refractivity contribution is -0.130. The first-order valence-electron chi connectivity index (χ1n) is 8.46. The quantitative estimate of drug-likeness (QED) is 0.774. The van der Waals surface area contributed by atoms with Crippen molar-refractivity contribution in [3.63, 3.8) is 0 Å². The van der Waals surface area contributed by atoms with E-state index >= 15 is 0 Å². The highest BCUT2D eigenvalue weighted by molar-refractivity contribution is 6.15. The number of nitrogens with two attached hydrogens (primary N) is 1. The van der Waals surface area contributed by atoms with Crippen LogP contribution in [0.3, 0.4) is 0 Å². The van der Waals surface area contributed by atoms with Crippen molar-refractivity contribution < 1.29 is 14.3 Å². The third kappa shape index (κ3) is 1.80. The molecular weight excluding hydrogens is 330 g/mol. The molecule has 1 aromatic rings. The van der Waals surface area contributed by atoms with E-state index in [9.17, 15) is 14.9 Å². The molecule has 0 unspecified atom stereocenters. The minimum Gasteiger partial charge on any atom is -0.440 e. The third-order valence-corrected chi connectivity index (χ3v) is 5.50. The van der Waals surface area contributed by atoms with Crippen molar-refractivity contribution in [2.75, 3.05) is 7.05 Å². The maximum atomic E-state index is 13.5. The summed E-state index contributed by atoms with van der Waals surface area (Å²) in [5.41, 5.74) is 5.80. The number of nitriles is 1. The number of allylic oxidation sites excluding steroid dienone is 1. The topological polar surface area (TPSA) is 96.4 Å². The Bertz CT molecular complexity index is 980. The van der Waals surface area contributed by atoms with Gasteiger partial charge in [0.25, 0.3) is 0 Å². The molecule has 1 amide bonds. The van der Waals surface area contributed by atoms with E-state index in [0.29, 0.717) is 35.4 Å². The lowest BCUT2D eigenvalue weighted by Crippen LogP contribution is -2.46. The Morgan fingerprint density at radius 3 is 2.62 bits per heavy atom. The van der Waals surface area contributed by atoms with Crippen LogP contribution in [0, 0.1) is 16.7 Å². The third-order valence-electron chi connectivity index (χ3n) is 5.50. The number of nitrogens with zero attached hydrogens (tertiary/aromatic N) is 2. The van der Waals surface area contributed by atoms with Crippen LogP contribution in [0.25, 0.3) is 0 Å². The number of benzene rings is 1. The largest absolute Gasteiger partial charge is 0.440 e. The maximum absolute atomic E-state index is 13.5. The van der Waals surface area contributed by atoms with E-state index in [1.807, 2.05) is 19.9 Å². The standard InChI is InChI=1S/C20H19N3O3/c1-19(2)8-13-16(14(24)9-19)20(18(25)23(13)3)11-6-4-5-7-15(11)26-17(22)12(20)10-21/h4-7H,8-9,22H2,1-3H3/t20-/m0/s1. The average Bonchev–Trinajstić information content (AvgIpc) is 2.77. The number of ether oxygens (including phenoxy) is 1. The summed E-state index contributed by atoms with van der Waals surface area (Å²) >= 11 is 0. The van der Waals surface area contributed by atoms with Crippen LogP contribution < -0.4 is 10.5 Å². The predicted molar refractivity (Wildman–Crippen MR) is 93.4 cm³/mol. The van der Waals surface area contributed by atoms with Gasteiger partial charge in [0.2, 0.25) is 11.8 Å². The zero-order valence-corrected chi connectivity index (χ0v) is 14.9. The number of carbonyl (C=O) groups excluding carboxylic acids is 2. The monoisotopic (exact) mass is 349 g/mol. The van der Waals surface area contributed by atoms with Gasteiger partial charge < -0.3 is 15.4 Å². The Morgan fingerprint density at radius 2 is 1.92 bits per heavy atom. The fourth-order valence-corrected chi connectivity index (χ4v) is 4.46. The number of ketones is 1. The fraction of sp³-hybridized carbons (Fsp3) is 0.350. The lowest BCUT2D eigenvalue weighted by atomic mass is 9.63. The molecule has 0 bridgehead atoms. The molecule has 26 heavy (non-hydrogen) atoms. The Balaban J connectivity index is 2.12. The molecule has 0 saturated heterocycles. The highest BCUT2D eigenvalue weighted by atomic mass is 16.5. The van der Waals surface area contributed by atoms with Crippen LogP contribution in [-0.2, 0) is 15.0 Å². The first-order valence-corrected chi connectivity index (χ1v) is 8.46. The van der Waals surface area contributed by atoms with Gasteiger partial charge in [-0.1, -0.05) is 32.0 Å². The number of amides is 1. The molecule has 2 heterocycles. The summed E-state index contributed by atoms with van der Waals surface area (Å²) in [7, 11) is 1.66. The molecular formula is C20H19N3O3. The van der Waals surface area contributed by atoms with Gasteiger partial charge in [-0.3, -0.25) is 9.59 Å². The smallest absolute Gasteiger partial charge is 0.247 e. The average molecular weight is 349 g/mol. The lowest BCUT2D eigenvalue weighted by Gasteiger charge is -2.37. The van der Waals surface area contributed by atoms with Crippen molar-refractivity contribution in [1.29, 1.82) is 5.26 Å². The van der Waals surface area contributed by atoms with Gasteiger partial charge >= 0.3 is 0 Å². The Morgan fingerprint density at radius 1 is 1.23 bits per heavy atom. The molecule has 3 aliphatic rings. The van der Waals surface area contributed by atoms with Crippen LogP contribution in [0.2, 0.25) is 0 Å². The molecule has 1 spiro atoms. The molecule has 0 saturated carbocycles. The second-order valence-electron chi connectivity index (χ2n) is 7.83. The maximum Gasteiger partial charge on any atom is 0.247 e. The van der Waals surface area contributed by atoms with Crippen molar-refractivity contribution in [2.45, 2.75) is 32.1 Å². The van der Waals surface area contributed by atoms with Crippen LogP contribution in [0.1, 0.15) is 32.3 Å². The summed E-state index contributed by atoms with van der Waals surface area (Å²) in [4.78, 5) is 28.2. The fourth-order valence-electron chi connectivity index (χ4n) is 4.46. The molecule has 0 fully saturated rings. The molecule has 1 atom stereocenters. The summed E-state index contributed by atoms with van der Waals surface area (Å²) in [5, 5.41) is 9.82. The van der Waals surface area contributed by atoms with Gasteiger partial charge in [-0.05, 0) is 17.9 Å². The molecule has 6 heteroatoms. The first-order chi connectivity index (χ1) is 12.2.